The average Bonchev–Trinajstić information content (AvgIpc) is 2.77. The monoisotopic (exact) mass is 454 g/mol. The molecule has 2 aromatic rings. The first-order chi connectivity index (χ1) is 15.7. The third-order valence-corrected chi connectivity index (χ3v) is 5.70. The number of H-pyrrole nitrogens is 1. The van der Waals surface area contributed by atoms with Gasteiger partial charge in [0.15, 0.2) is 0 Å². The van der Waals surface area contributed by atoms with Crippen molar-refractivity contribution in [1.82, 2.24) is 15.6 Å². The van der Waals surface area contributed by atoms with Crippen molar-refractivity contribution in [3.8, 4) is 5.75 Å². The number of carbonyl (C=O) groups is 3. The van der Waals surface area contributed by atoms with Gasteiger partial charge in [-0.1, -0.05) is 13.8 Å². The van der Waals surface area contributed by atoms with Gasteiger partial charge in [0, 0.05) is 11.3 Å². The molecule has 0 aliphatic heterocycles. The van der Waals surface area contributed by atoms with Crippen LogP contribution in [-0.2, 0) is 11.2 Å². The van der Waals surface area contributed by atoms with E-state index in [-0.39, 0.29) is 23.3 Å². The van der Waals surface area contributed by atoms with Crippen LogP contribution in [0.25, 0.3) is 0 Å². The summed E-state index contributed by atoms with van der Waals surface area (Å²) >= 11 is 0. The number of rotatable bonds is 8. The third kappa shape index (κ3) is 5.60. The van der Waals surface area contributed by atoms with Gasteiger partial charge in [-0.05, 0) is 68.0 Å². The molecule has 0 spiro atoms. The SMILES string of the molecule is CCOc1ccc(C(=O)N[C@H](C(=O)N[C@H]2CCCc3[nH]c(=O)c(C(N)=O)cc32)C(C)C)cc1. The van der Waals surface area contributed by atoms with Gasteiger partial charge < -0.3 is 26.1 Å². The first-order valence-corrected chi connectivity index (χ1v) is 11.1. The predicted molar refractivity (Wildman–Crippen MR) is 123 cm³/mol. The summed E-state index contributed by atoms with van der Waals surface area (Å²) in [4.78, 5) is 52.3. The summed E-state index contributed by atoms with van der Waals surface area (Å²) in [7, 11) is 0. The Morgan fingerprint density at radius 2 is 1.91 bits per heavy atom. The van der Waals surface area contributed by atoms with E-state index in [2.05, 4.69) is 15.6 Å². The van der Waals surface area contributed by atoms with Crippen LogP contribution in [0.1, 0.15) is 71.6 Å². The first kappa shape index (κ1) is 24.0. The van der Waals surface area contributed by atoms with Gasteiger partial charge in [0.2, 0.25) is 5.91 Å². The van der Waals surface area contributed by atoms with Crippen molar-refractivity contribution in [2.24, 2.45) is 11.7 Å². The molecule has 3 amide bonds. The van der Waals surface area contributed by atoms with E-state index in [0.29, 0.717) is 42.0 Å². The number of fused-ring (bicyclic) bond motifs is 1. The molecule has 3 rings (SSSR count). The van der Waals surface area contributed by atoms with Gasteiger partial charge in [0.25, 0.3) is 17.4 Å². The fraction of sp³-hybridized carbons (Fsp3) is 0.417. The van der Waals surface area contributed by atoms with Crippen LogP contribution in [0, 0.1) is 5.92 Å². The highest BCUT2D eigenvalue weighted by Gasteiger charge is 2.30. The molecule has 0 fully saturated rings. The zero-order valence-corrected chi connectivity index (χ0v) is 19.1. The maximum atomic E-state index is 13.1. The largest absolute Gasteiger partial charge is 0.494 e. The van der Waals surface area contributed by atoms with E-state index in [4.69, 9.17) is 10.5 Å². The molecule has 0 unspecified atom stereocenters. The van der Waals surface area contributed by atoms with Gasteiger partial charge in [-0.3, -0.25) is 19.2 Å². The van der Waals surface area contributed by atoms with Crippen molar-refractivity contribution in [2.75, 3.05) is 6.61 Å². The number of benzene rings is 1. The molecule has 1 aliphatic rings. The standard InChI is InChI=1S/C24H30N4O5/c1-4-33-15-10-8-14(9-11-15)22(30)28-20(13(2)3)24(32)27-19-7-5-6-18-16(19)12-17(21(25)29)23(31)26-18/h8-13,19-20H,4-7H2,1-3H3,(H2,25,29)(H,26,31)(H,27,32)(H,28,30)/t19-,20-/m0/s1. The molecule has 1 aromatic heterocycles. The molecule has 176 valence electrons. The fourth-order valence-corrected chi connectivity index (χ4v) is 3.96. The smallest absolute Gasteiger partial charge is 0.261 e. The summed E-state index contributed by atoms with van der Waals surface area (Å²) in [6.07, 6.45) is 2.04. The van der Waals surface area contributed by atoms with Crippen LogP contribution in [0.2, 0.25) is 0 Å². The molecule has 0 saturated heterocycles. The number of hydrogen-bond donors (Lipinski definition) is 4. The molecule has 0 bridgehead atoms. The highest BCUT2D eigenvalue weighted by atomic mass is 16.5. The Balaban J connectivity index is 1.76. The van der Waals surface area contributed by atoms with E-state index in [1.807, 2.05) is 20.8 Å². The Bertz CT molecular complexity index is 1090. The van der Waals surface area contributed by atoms with Gasteiger partial charge in [0.05, 0.1) is 12.6 Å². The Hall–Kier alpha value is -3.62. The number of aromatic amines is 1. The van der Waals surface area contributed by atoms with Crippen LogP contribution in [0.15, 0.2) is 35.1 Å². The minimum absolute atomic E-state index is 0.140. The maximum absolute atomic E-state index is 13.1. The second kappa shape index (κ2) is 10.3. The summed E-state index contributed by atoms with van der Waals surface area (Å²) in [6, 6.07) is 7.00. The highest BCUT2D eigenvalue weighted by molar-refractivity contribution is 5.97. The van der Waals surface area contributed by atoms with Crippen molar-refractivity contribution in [3.63, 3.8) is 0 Å². The summed E-state index contributed by atoms with van der Waals surface area (Å²) in [6.45, 7) is 6.10. The normalized spacial score (nSPS) is 15.9. The molecule has 0 saturated carbocycles. The summed E-state index contributed by atoms with van der Waals surface area (Å²) in [5, 5.41) is 5.79. The van der Waals surface area contributed by atoms with Crippen LogP contribution >= 0.6 is 0 Å². The Morgan fingerprint density at radius 3 is 2.52 bits per heavy atom. The third-order valence-electron chi connectivity index (χ3n) is 5.70. The number of carbonyl (C=O) groups excluding carboxylic acids is 3. The molecule has 1 heterocycles. The summed E-state index contributed by atoms with van der Waals surface area (Å²) in [5.74, 6) is -1.03. The van der Waals surface area contributed by atoms with Gasteiger partial charge in [-0.2, -0.15) is 0 Å². The Morgan fingerprint density at radius 1 is 1.21 bits per heavy atom. The minimum Gasteiger partial charge on any atom is -0.494 e. The Kier molecular flexibility index (Phi) is 7.52. The minimum atomic E-state index is -0.822. The van der Waals surface area contributed by atoms with E-state index in [9.17, 15) is 19.2 Å². The zero-order chi connectivity index (χ0) is 24.1. The lowest BCUT2D eigenvalue weighted by Gasteiger charge is -2.29. The van der Waals surface area contributed by atoms with E-state index in [0.717, 1.165) is 6.42 Å². The molecule has 2 atom stereocenters. The van der Waals surface area contributed by atoms with Crippen molar-refractivity contribution in [1.29, 1.82) is 0 Å². The number of nitrogens with one attached hydrogen (secondary N) is 3. The van der Waals surface area contributed by atoms with Crippen LogP contribution in [0.4, 0.5) is 0 Å². The topological polar surface area (TPSA) is 143 Å². The number of pyridine rings is 1. The molecular weight excluding hydrogens is 424 g/mol. The summed E-state index contributed by atoms with van der Waals surface area (Å²) < 4.78 is 5.40. The number of amides is 3. The van der Waals surface area contributed by atoms with E-state index in [1.54, 1.807) is 24.3 Å². The first-order valence-electron chi connectivity index (χ1n) is 11.1. The van der Waals surface area contributed by atoms with E-state index in [1.165, 1.54) is 6.07 Å². The van der Waals surface area contributed by atoms with E-state index < -0.39 is 23.6 Å². The number of nitrogens with two attached hydrogens (primary N) is 1. The number of aromatic nitrogens is 1. The van der Waals surface area contributed by atoms with Crippen molar-refractivity contribution in [2.45, 2.75) is 52.1 Å². The van der Waals surface area contributed by atoms with Gasteiger partial charge in [-0.25, -0.2) is 0 Å². The lowest BCUT2D eigenvalue weighted by molar-refractivity contribution is -0.124. The molecule has 9 nitrogen and oxygen atoms in total. The highest BCUT2D eigenvalue weighted by Crippen LogP contribution is 2.28. The van der Waals surface area contributed by atoms with Crippen LogP contribution in [0.3, 0.4) is 0 Å². The molecule has 9 heteroatoms. The lowest BCUT2D eigenvalue weighted by atomic mass is 9.89. The number of aryl methyl sites for hydroxylation is 1. The van der Waals surface area contributed by atoms with Crippen molar-refractivity contribution < 1.29 is 19.1 Å². The van der Waals surface area contributed by atoms with Gasteiger partial charge in [-0.15, -0.1) is 0 Å². The zero-order valence-electron chi connectivity index (χ0n) is 19.1. The van der Waals surface area contributed by atoms with Crippen LogP contribution in [0.5, 0.6) is 5.75 Å². The molecule has 5 N–H and O–H groups in total. The van der Waals surface area contributed by atoms with Crippen LogP contribution < -0.4 is 26.7 Å². The van der Waals surface area contributed by atoms with Gasteiger partial charge >= 0.3 is 0 Å². The molecule has 0 radical (unpaired) electrons. The van der Waals surface area contributed by atoms with Crippen molar-refractivity contribution >= 4 is 17.7 Å². The number of primary amides is 1. The van der Waals surface area contributed by atoms with Crippen molar-refractivity contribution in [3.05, 3.63) is 63.1 Å². The quantitative estimate of drug-likeness (QED) is 0.481. The average molecular weight is 455 g/mol. The van der Waals surface area contributed by atoms with Crippen LogP contribution in [-0.4, -0.2) is 35.4 Å². The predicted octanol–water partition coefficient (Wildman–Crippen LogP) is 1.82. The molecule has 33 heavy (non-hydrogen) atoms. The van der Waals surface area contributed by atoms with E-state index >= 15 is 0 Å². The Labute approximate surface area is 192 Å². The molecule has 1 aliphatic carbocycles. The van der Waals surface area contributed by atoms with Gasteiger partial charge in [0.1, 0.15) is 17.4 Å². The molecule has 1 aromatic carbocycles. The maximum Gasteiger partial charge on any atom is 0.261 e. The lowest BCUT2D eigenvalue weighted by Crippen LogP contribution is -2.50. The number of hydrogen-bond acceptors (Lipinski definition) is 5. The second-order valence-electron chi connectivity index (χ2n) is 8.42. The molecular formula is C24H30N4O5. The number of ether oxygens (including phenoxy) is 1. The summed E-state index contributed by atoms with van der Waals surface area (Å²) in [5.41, 5.74) is 6.42. The second-order valence-corrected chi connectivity index (χ2v) is 8.42. The fourth-order valence-electron chi connectivity index (χ4n) is 3.96.